The van der Waals surface area contributed by atoms with Crippen molar-refractivity contribution in [2.24, 2.45) is 4.99 Å². The Bertz CT molecular complexity index is 834. The van der Waals surface area contributed by atoms with Crippen LogP contribution in [0.5, 0.6) is 23.0 Å². The molecule has 1 N–H and O–H groups in total. The van der Waals surface area contributed by atoms with Gasteiger partial charge in [-0.3, -0.25) is 4.99 Å². The molecule has 0 atom stereocenters. The number of guanidine groups is 1. The van der Waals surface area contributed by atoms with Crippen LogP contribution in [-0.4, -0.2) is 58.4 Å². The third kappa shape index (κ3) is 5.28. The largest absolute Gasteiger partial charge is 0.496 e. The normalized spacial score (nSPS) is 14.9. The fraction of sp³-hybridized carbons (Fsp3) is 0.435. The van der Waals surface area contributed by atoms with Gasteiger partial charge in [0.2, 0.25) is 0 Å². The Kier molecular flexibility index (Phi) is 7.65. The number of nitrogens with zero attached hydrogens (tertiary/aromatic N) is 2. The monoisotopic (exact) mass is 413 g/mol. The molecule has 2 aromatic carbocycles. The molecule has 7 nitrogen and oxygen atoms in total. The van der Waals surface area contributed by atoms with Crippen LogP contribution in [0.15, 0.2) is 47.5 Å². The summed E-state index contributed by atoms with van der Waals surface area (Å²) in [4.78, 5) is 6.72. The van der Waals surface area contributed by atoms with E-state index < -0.39 is 0 Å². The van der Waals surface area contributed by atoms with Crippen LogP contribution in [0.2, 0.25) is 0 Å². The van der Waals surface area contributed by atoms with Crippen molar-refractivity contribution in [3.8, 4) is 23.0 Å². The van der Waals surface area contributed by atoms with Crippen LogP contribution in [0.3, 0.4) is 0 Å². The van der Waals surface area contributed by atoms with Gasteiger partial charge in [0.05, 0.1) is 21.3 Å². The maximum atomic E-state index is 6.09. The highest BCUT2D eigenvalue weighted by Gasteiger charge is 2.23. The zero-order chi connectivity index (χ0) is 21.3. The summed E-state index contributed by atoms with van der Waals surface area (Å²) in [5, 5.41) is 3.44. The average molecular weight is 414 g/mol. The lowest BCUT2D eigenvalue weighted by Gasteiger charge is -2.34. The third-order valence-electron chi connectivity index (χ3n) is 5.22. The van der Waals surface area contributed by atoms with E-state index in [1.165, 1.54) is 0 Å². The summed E-state index contributed by atoms with van der Waals surface area (Å²) in [6.45, 7) is 2.34. The molecule has 1 fully saturated rings. The summed E-state index contributed by atoms with van der Waals surface area (Å²) in [7, 11) is 6.70. The number of hydrogen-bond acceptors (Lipinski definition) is 5. The van der Waals surface area contributed by atoms with Crippen LogP contribution in [0.25, 0.3) is 0 Å². The molecule has 0 saturated carbocycles. The van der Waals surface area contributed by atoms with Gasteiger partial charge in [-0.25, -0.2) is 0 Å². The van der Waals surface area contributed by atoms with Gasteiger partial charge in [0.25, 0.3) is 0 Å². The number of para-hydroxylation sites is 1. The van der Waals surface area contributed by atoms with Crippen LogP contribution in [0.1, 0.15) is 18.4 Å². The Morgan fingerprint density at radius 1 is 0.967 bits per heavy atom. The van der Waals surface area contributed by atoms with E-state index in [9.17, 15) is 0 Å². The topological polar surface area (TPSA) is 64.6 Å². The van der Waals surface area contributed by atoms with E-state index in [1.54, 1.807) is 28.4 Å². The predicted molar refractivity (Wildman–Crippen MR) is 118 cm³/mol. The molecule has 1 aliphatic heterocycles. The van der Waals surface area contributed by atoms with E-state index in [1.807, 2.05) is 42.5 Å². The Hall–Kier alpha value is -3.09. The van der Waals surface area contributed by atoms with Gasteiger partial charge in [0, 0.05) is 51.2 Å². The van der Waals surface area contributed by atoms with E-state index in [0.29, 0.717) is 18.0 Å². The Balaban J connectivity index is 1.58. The molecule has 7 heteroatoms. The highest BCUT2D eigenvalue weighted by molar-refractivity contribution is 5.80. The molecule has 0 amide bonds. The molecular formula is C23H31N3O4. The van der Waals surface area contributed by atoms with Crippen LogP contribution >= 0.6 is 0 Å². The minimum absolute atomic E-state index is 0.229. The SMILES string of the molecule is CN=C(NCc1cc(OC)c(OC)cc1OC)N1CCC(Oc2ccccc2)CC1. The van der Waals surface area contributed by atoms with E-state index in [-0.39, 0.29) is 6.10 Å². The smallest absolute Gasteiger partial charge is 0.193 e. The number of methoxy groups -OCH3 is 3. The fourth-order valence-corrected chi connectivity index (χ4v) is 3.61. The summed E-state index contributed by atoms with van der Waals surface area (Å²) in [6.07, 6.45) is 2.14. The summed E-state index contributed by atoms with van der Waals surface area (Å²) in [6, 6.07) is 13.8. The molecule has 2 aromatic rings. The average Bonchev–Trinajstić information content (AvgIpc) is 2.80. The van der Waals surface area contributed by atoms with Gasteiger partial charge in [-0.1, -0.05) is 18.2 Å². The molecule has 0 spiro atoms. The molecule has 1 heterocycles. The van der Waals surface area contributed by atoms with Crippen LogP contribution in [-0.2, 0) is 6.54 Å². The van der Waals surface area contributed by atoms with Crippen molar-refractivity contribution in [3.63, 3.8) is 0 Å². The van der Waals surface area contributed by atoms with E-state index in [4.69, 9.17) is 18.9 Å². The lowest BCUT2D eigenvalue weighted by Crippen LogP contribution is -2.47. The lowest BCUT2D eigenvalue weighted by atomic mass is 10.1. The summed E-state index contributed by atoms with van der Waals surface area (Å²) >= 11 is 0. The number of hydrogen-bond donors (Lipinski definition) is 1. The standard InChI is InChI=1S/C23H31N3O4/c1-24-23(25-16-17-14-21(28-3)22(29-4)15-20(17)27-2)26-12-10-19(11-13-26)30-18-8-6-5-7-9-18/h5-9,14-15,19H,10-13,16H2,1-4H3,(H,24,25). The second-order valence-corrected chi connectivity index (χ2v) is 7.04. The summed E-state index contributed by atoms with van der Waals surface area (Å²) < 4.78 is 22.4. The number of piperidine rings is 1. The first kappa shape index (κ1) is 21.6. The van der Waals surface area contributed by atoms with Crippen molar-refractivity contribution in [2.75, 3.05) is 41.5 Å². The molecule has 162 valence electrons. The predicted octanol–water partition coefficient (Wildman–Crippen LogP) is 3.33. The number of nitrogens with one attached hydrogen (secondary N) is 1. The van der Waals surface area contributed by atoms with Crippen LogP contribution in [0.4, 0.5) is 0 Å². The molecule has 0 aliphatic carbocycles. The minimum atomic E-state index is 0.229. The number of ether oxygens (including phenoxy) is 4. The van der Waals surface area contributed by atoms with E-state index in [2.05, 4.69) is 15.2 Å². The van der Waals surface area contributed by atoms with Crippen molar-refractivity contribution in [1.82, 2.24) is 10.2 Å². The molecule has 1 saturated heterocycles. The molecule has 0 radical (unpaired) electrons. The zero-order valence-electron chi connectivity index (χ0n) is 18.2. The van der Waals surface area contributed by atoms with Crippen LogP contribution < -0.4 is 24.3 Å². The van der Waals surface area contributed by atoms with Crippen molar-refractivity contribution in [1.29, 1.82) is 0 Å². The van der Waals surface area contributed by atoms with Crippen molar-refractivity contribution in [2.45, 2.75) is 25.5 Å². The molecule has 0 unspecified atom stereocenters. The molecule has 0 aromatic heterocycles. The molecule has 0 bridgehead atoms. The van der Waals surface area contributed by atoms with Crippen molar-refractivity contribution in [3.05, 3.63) is 48.0 Å². The zero-order valence-corrected chi connectivity index (χ0v) is 18.2. The molecule has 3 rings (SSSR count). The maximum absolute atomic E-state index is 6.09. The summed E-state index contributed by atoms with van der Waals surface area (Å²) in [5.74, 6) is 3.85. The molecule has 30 heavy (non-hydrogen) atoms. The van der Waals surface area contributed by atoms with Gasteiger partial charge >= 0.3 is 0 Å². The van der Waals surface area contributed by atoms with Gasteiger partial charge in [-0.05, 0) is 18.2 Å². The number of benzene rings is 2. The quantitative estimate of drug-likeness (QED) is 0.555. The minimum Gasteiger partial charge on any atom is -0.496 e. The van der Waals surface area contributed by atoms with Crippen molar-refractivity contribution >= 4 is 5.96 Å². The van der Waals surface area contributed by atoms with Gasteiger partial charge in [0.1, 0.15) is 17.6 Å². The Morgan fingerprint density at radius 2 is 1.60 bits per heavy atom. The maximum Gasteiger partial charge on any atom is 0.193 e. The third-order valence-corrected chi connectivity index (χ3v) is 5.22. The highest BCUT2D eigenvalue weighted by atomic mass is 16.5. The Labute approximate surface area is 178 Å². The Morgan fingerprint density at radius 3 is 2.20 bits per heavy atom. The first-order valence-corrected chi connectivity index (χ1v) is 10.1. The molecular weight excluding hydrogens is 382 g/mol. The van der Waals surface area contributed by atoms with Gasteiger partial charge in [0.15, 0.2) is 17.5 Å². The van der Waals surface area contributed by atoms with Gasteiger partial charge in [-0.15, -0.1) is 0 Å². The first-order valence-electron chi connectivity index (χ1n) is 10.1. The van der Waals surface area contributed by atoms with E-state index in [0.717, 1.165) is 49.0 Å². The second-order valence-electron chi connectivity index (χ2n) is 7.04. The summed E-state index contributed by atoms with van der Waals surface area (Å²) in [5.41, 5.74) is 0.971. The van der Waals surface area contributed by atoms with Crippen molar-refractivity contribution < 1.29 is 18.9 Å². The lowest BCUT2D eigenvalue weighted by molar-refractivity contribution is 0.129. The number of aliphatic imine (C=N–C) groups is 1. The van der Waals surface area contributed by atoms with Crippen LogP contribution in [0, 0.1) is 0 Å². The first-order chi connectivity index (χ1) is 14.7. The number of rotatable bonds is 7. The highest BCUT2D eigenvalue weighted by Crippen LogP contribution is 2.34. The van der Waals surface area contributed by atoms with Gasteiger partial charge < -0.3 is 29.2 Å². The second kappa shape index (κ2) is 10.6. The van der Waals surface area contributed by atoms with E-state index >= 15 is 0 Å². The van der Waals surface area contributed by atoms with Gasteiger partial charge in [-0.2, -0.15) is 0 Å². The fourth-order valence-electron chi connectivity index (χ4n) is 3.61. The molecule has 1 aliphatic rings. The number of likely N-dealkylation sites (tertiary alicyclic amines) is 1.